The van der Waals surface area contributed by atoms with Crippen LogP contribution in [0.2, 0.25) is 0 Å². The fourth-order valence-corrected chi connectivity index (χ4v) is 2.87. The topological polar surface area (TPSA) is 35.1 Å². The van der Waals surface area contributed by atoms with Crippen molar-refractivity contribution in [2.24, 2.45) is 0 Å². The highest BCUT2D eigenvalue weighted by Crippen LogP contribution is 2.36. The van der Waals surface area contributed by atoms with Crippen molar-refractivity contribution in [1.82, 2.24) is 0 Å². The molecule has 0 heterocycles. The first-order chi connectivity index (χ1) is 10.2. The molecule has 0 fully saturated rings. The molecule has 0 aliphatic carbocycles. The maximum absolute atomic E-state index is 5.65. The molecule has 112 valence electrons. The molecule has 0 amide bonds. The van der Waals surface area contributed by atoms with Gasteiger partial charge in [0.1, 0.15) is 13.1 Å². The summed E-state index contributed by atoms with van der Waals surface area (Å²) in [6, 6.07) is 14.6. The van der Waals surface area contributed by atoms with Gasteiger partial charge in [0.15, 0.2) is 11.5 Å². The van der Waals surface area contributed by atoms with E-state index in [9.17, 15) is 0 Å². The van der Waals surface area contributed by atoms with Crippen molar-refractivity contribution in [1.29, 1.82) is 0 Å². The molecule has 2 aromatic rings. The van der Waals surface area contributed by atoms with Crippen LogP contribution in [0.15, 0.2) is 46.9 Å². The summed E-state index contributed by atoms with van der Waals surface area (Å²) >= 11 is 3.55. The normalized spacial score (nSPS) is 10.4. The van der Waals surface area contributed by atoms with Crippen molar-refractivity contribution < 1.29 is 14.8 Å². The van der Waals surface area contributed by atoms with Gasteiger partial charge in [-0.25, -0.2) is 0 Å². The molecule has 0 bridgehead atoms. The summed E-state index contributed by atoms with van der Waals surface area (Å²) < 4.78 is 12.0. The second kappa shape index (κ2) is 8.05. The summed E-state index contributed by atoms with van der Waals surface area (Å²) in [7, 11) is 1.66. The molecular weight excluding hydrogens is 330 g/mol. The van der Waals surface area contributed by atoms with Gasteiger partial charge in [-0.05, 0) is 35.0 Å². The van der Waals surface area contributed by atoms with Crippen LogP contribution in [-0.4, -0.2) is 13.7 Å². The Bertz CT molecular complexity index is 573. The van der Waals surface area contributed by atoms with Crippen molar-refractivity contribution in [3.63, 3.8) is 0 Å². The third kappa shape index (κ3) is 4.48. The van der Waals surface area contributed by atoms with Gasteiger partial charge in [0, 0.05) is 11.1 Å². The summed E-state index contributed by atoms with van der Waals surface area (Å²) in [4.78, 5) is 0. The quantitative estimate of drug-likeness (QED) is 0.832. The molecule has 0 aliphatic rings. The Hall–Kier alpha value is -1.52. The van der Waals surface area contributed by atoms with Crippen molar-refractivity contribution in [3.8, 4) is 11.5 Å². The minimum atomic E-state index is 0.625. The van der Waals surface area contributed by atoms with Crippen molar-refractivity contribution in [2.75, 3.05) is 13.7 Å². The second-order valence-electron chi connectivity index (χ2n) is 4.72. The second-order valence-corrected chi connectivity index (χ2v) is 5.58. The number of ether oxygens (including phenoxy) is 2. The van der Waals surface area contributed by atoms with Gasteiger partial charge >= 0.3 is 0 Å². The predicted molar refractivity (Wildman–Crippen MR) is 87.6 cm³/mol. The molecule has 2 aromatic carbocycles. The molecule has 0 saturated heterocycles. The van der Waals surface area contributed by atoms with E-state index >= 15 is 0 Å². The zero-order valence-electron chi connectivity index (χ0n) is 12.4. The number of hydrogen-bond acceptors (Lipinski definition) is 2. The van der Waals surface area contributed by atoms with Crippen LogP contribution in [0.5, 0.6) is 11.5 Å². The Kier molecular flexibility index (Phi) is 6.08. The van der Waals surface area contributed by atoms with Gasteiger partial charge in [0.2, 0.25) is 0 Å². The fourth-order valence-electron chi connectivity index (χ4n) is 2.22. The largest absolute Gasteiger partial charge is 0.492 e. The molecule has 0 saturated carbocycles. The minimum Gasteiger partial charge on any atom is -0.492 e. The predicted octanol–water partition coefficient (Wildman–Crippen LogP) is 3.12. The molecule has 0 aliphatic heterocycles. The number of methoxy groups -OCH3 is 1. The first-order valence-corrected chi connectivity index (χ1v) is 7.88. The van der Waals surface area contributed by atoms with Crippen LogP contribution in [-0.2, 0) is 13.1 Å². The summed E-state index contributed by atoms with van der Waals surface area (Å²) in [5, 5.41) is 2.28. The van der Waals surface area contributed by atoms with E-state index < -0.39 is 0 Å². The zero-order chi connectivity index (χ0) is 15.1. The lowest BCUT2D eigenvalue weighted by atomic mass is 10.2. The molecule has 0 radical (unpaired) electrons. The summed E-state index contributed by atoms with van der Waals surface area (Å²) in [5.41, 5.74) is 2.54. The van der Waals surface area contributed by atoms with Crippen LogP contribution in [0, 0.1) is 0 Å². The lowest BCUT2D eigenvalue weighted by Crippen LogP contribution is -2.80. The standard InChI is InChI=1S/C17H20BrNO2/c1-3-21-16-10-14(9-15(18)17(16)20-2)12-19-11-13-7-5-4-6-8-13/h4-10,19H,3,11-12H2,1-2H3/p+1. The fraction of sp³-hybridized carbons (Fsp3) is 0.294. The lowest BCUT2D eigenvalue weighted by molar-refractivity contribution is -0.686. The van der Waals surface area contributed by atoms with Gasteiger partial charge in [-0.2, -0.15) is 0 Å². The molecule has 2 rings (SSSR count). The average Bonchev–Trinajstić information content (AvgIpc) is 2.48. The smallest absolute Gasteiger partial charge is 0.174 e. The van der Waals surface area contributed by atoms with Crippen LogP contribution in [0.4, 0.5) is 0 Å². The monoisotopic (exact) mass is 350 g/mol. The number of benzene rings is 2. The first kappa shape index (κ1) is 15.9. The first-order valence-electron chi connectivity index (χ1n) is 7.09. The molecule has 0 unspecified atom stereocenters. The summed E-state index contributed by atoms with van der Waals surface area (Å²) in [5.74, 6) is 1.54. The van der Waals surface area contributed by atoms with E-state index in [4.69, 9.17) is 9.47 Å². The summed E-state index contributed by atoms with van der Waals surface area (Å²) in [6.45, 7) is 4.47. The summed E-state index contributed by atoms with van der Waals surface area (Å²) in [6.07, 6.45) is 0. The van der Waals surface area contributed by atoms with Crippen molar-refractivity contribution in [2.45, 2.75) is 20.0 Å². The van der Waals surface area contributed by atoms with E-state index in [2.05, 4.69) is 57.6 Å². The third-order valence-electron chi connectivity index (χ3n) is 3.18. The Balaban J connectivity index is 2.03. The highest BCUT2D eigenvalue weighted by Gasteiger charge is 2.11. The van der Waals surface area contributed by atoms with Crippen LogP contribution >= 0.6 is 15.9 Å². The van der Waals surface area contributed by atoms with E-state index in [-0.39, 0.29) is 0 Å². The van der Waals surface area contributed by atoms with Crippen LogP contribution in [0.3, 0.4) is 0 Å². The maximum atomic E-state index is 5.65. The minimum absolute atomic E-state index is 0.625. The number of quaternary nitrogens is 1. The SMILES string of the molecule is CCOc1cc(C[NH2+]Cc2ccccc2)cc(Br)c1OC. The Morgan fingerprint density at radius 2 is 1.76 bits per heavy atom. The van der Waals surface area contributed by atoms with E-state index in [1.807, 2.05) is 13.0 Å². The highest BCUT2D eigenvalue weighted by molar-refractivity contribution is 9.10. The van der Waals surface area contributed by atoms with Gasteiger partial charge in [-0.15, -0.1) is 0 Å². The number of rotatable bonds is 7. The Labute approximate surface area is 134 Å². The average molecular weight is 351 g/mol. The van der Waals surface area contributed by atoms with Gasteiger partial charge in [-0.3, -0.25) is 0 Å². The zero-order valence-corrected chi connectivity index (χ0v) is 14.0. The third-order valence-corrected chi connectivity index (χ3v) is 3.77. The van der Waals surface area contributed by atoms with Crippen LogP contribution in [0.25, 0.3) is 0 Å². The van der Waals surface area contributed by atoms with Crippen LogP contribution < -0.4 is 14.8 Å². The van der Waals surface area contributed by atoms with Gasteiger partial charge in [0.25, 0.3) is 0 Å². The number of nitrogens with two attached hydrogens (primary N) is 1. The van der Waals surface area contributed by atoms with Crippen LogP contribution in [0.1, 0.15) is 18.1 Å². The van der Waals surface area contributed by atoms with Gasteiger partial charge in [0.05, 0.1) is 18.2 Å². The number of hydrogen-bond donors (Lipinski definition) is 1. The molecule has 4 heteroatoms. The molecule has 2 N–H and O–H groups in total. The van der Waals surface area contributed by atoms with Crippen molar-refractivity contribution in [3.05, 3.63) is 58.1 Å². The van der Waals surface area contributed by atoms with Gasteiger partial charge < -0.3 is 14.8 Å². The van der Waals surface area contributed by atoms with E-state index in [0.717, 1.165) is 29.1 Å². The highest BCUT2D eigenvalue weighted by atomic mass is 79.9. The maximum Gasteiger partial charge on any atom is 0.174 e. The molecular formula is C17H21BrNO2+. The Morgan fingerprint density at radius 3 is 2.43 bits per heavy atom. The molecule has 0 aromatic heterocycles. The molecule has 3 nitrogen and oxygen atoms in total. The van der Waals surface area contributed by atoms with Gasteiger partial charge in [-0.1, -0.05) is 30.3 Å². The molecule has 0 spiro atoms. The van der Waals surface area contributed by atoms with E-state index in [1.54, 1.807) is 7.11 Å². The number of halogens is 1. The van der Waals surface area contributed by atoms with Crippen molar-refractivity contribution >= 4 is 15.9 Å². The molecule has 21 heavy (non-hydrogen) atoms. The lowest BCUT2D eigenvalue weighted by Gasteiger charge is -2.13. The molecule has 0 atom stereocenters. The van der Waals surface area contributed by atoms with E-state index in [1.165, 1.54) is 11.1 Å². The van der Waals surface area contributed by atoms with E-state index in [0.29, 0.717) is 6.61 Å². The Morgan fingerprint density at radius 1 is 1.05 bits per heavy atom.